The largest absolute Gasteiger partial charge is 0.347 e. The van der Waals surface area contributed by atoms with Gasteiger partial charge < -0.3 is 16.0 Å². The summed E-state index contributed by atoms with van der Waals surface area (Å²) in [6.45, 7) is 5.67. The lowest BCUT2D eigenvalue weighted by molar-refractivity contribution is 0.0927. The predicted molar refractivity (Wildman–Crippen MR) is 74.7 cm³/mol. The Kier molecular flexibility index (Phi) is 4.87. The van der Waals surface area contributed by atoms with Crippen molar-refractivity contribution in [3.63, 3.8) is 0 Å². The number of hydrogen-bond donors (Lipinski definition) is 2. The molecular formula is C14H22N4O. The number of amides is 1. The Hall–Kier alpha value is -1.46. The van der Waals surface area contributed by atoms with E-state index >= 15 is 0 Å². The van der Waals surface area contributed by atoms with Gasteiger partial charge in [0.1, 0.15) is 5.69 Å². The van der Waals surface area contributed by atoms with Crippen LogP contribution >= 0.6 is 0 Å². The van der Waals surface area contributed by atoms with Gasteiger partial charge in [0, 0.05) is 25.3 Å². The van der Waals surface area contributed by atoms with Crippen LogP contribution in [0.5, 0.6) is 0 Å². The summed E-state index contributed by atoms with van der Waals surface area (Å²) in [6, 6.07) is 3.70. The summed E-state index contributed by atoms with van der Waals surface area (Å²) in [5.74, 6) is -0.115. The highest BCUT2D eigenvalue weighted by atomic mass is 16.1. The van der Waals surface area contributed by atoms with Gasteiger partial charge in [0.2, 0.25) is 0 Å². The van der Waals surface area contributed by atoms with E-state index in [1.165, 1.54) is 12.8 Å². The fourth-order valence-electron chi connectivity index (χ4n) is 2.38. The molecule has 1 unspecified atom stereocenters. The second-order valence-corrected chi connectivity index (χ2v) is 5.14. The first-order valence-corrected chi connectivity index (χ1v) is 6.87. The van der Waals surface area contributed by atoms with Gasteiger partial charge >= 0.3 is 0 Å². The highest BCUT2D eigenvalue weighted by Gasteiger charge is 2.16. The maximum atomic E-state index is 12.0. The van der Waals surface area contributed by atoms with Gasteiger partial charge in [0.05, 0.1) is 0 Å². The average molecular weight is 262 g/mol. The summed E-state index contributed by atoms with van der Waals surface area (Å²) >= 11 is 0. The number of carbonyl (C=O) groups is 1. The fraction of sp³-hybridized carbons (Fsp3) is 0.571. The van der Waals surface area contributed by atoms with Gasteiger partial charge in [-0.1, -0.05) is 6.07 Å². The highest BCUT2D eigenvalue weighted by Crippen LogP contribution is 2.07. The second kappa shape index (κ2) is 6.63. The Morgan fingerprint density at radius 3 is 2.79 bits per heavy atom. The molecule has 1 aliphatic heterocycles. The molecule has 0 spiro atoms. The van der Waals surface area contributed by atoms with Crippen molar-refractivity contribution in [2.24, 2.45) is 5.73 Å². The number of rotatable bonds is 5. The van der Waals surface area contributed by atoms with E-state index in [2.05, 4.69) is 15.2 Å². The Balaban J connectivity index is 1.84. The molecule has 1 aliphatic rings. The van der Waals surface area contributed by atoms with Gasteiger partial charge in [-0.15, -0.1) is 0 Å². The molecular weight excluding hydrogens is 240 g/mol. The maximum Gasteiger partial charge on any atom is 0.270 e. The van der Waals surface area contributed by atoms with Gasteiger partial charge in [-0.2, -0.15) is 0 Å². The summed E-state index contributed by atoms with van der Waals surface area (Å²) in [5, 5.41) is 2.99. The highest BCUT2D eigenvalue weighted by molar-refractivity contribution is 5.92. The third-order valence-electron chi connectivity index (χ3n) is 3.40. The fourth-order valence-corrected chi connectivity index (χ4v) is 2.38. The third kappa shape index (κ3) is 4.01. The molecule has 1 aromatic rings. The van der Waals surface area contributed by atoms with Gasteiger partial charge in [-0.25, -0.2) is 0 Å². The predicted octanol–water partition coefficient (Wildman–Crippen LogP) is 0.754. The molecule has 0 saturated carbocycles. The van der Waals surface area contributed by atoms with Crippen LogP contribution in [0.4, 0.5) is 0 Å². The molecule has 5 nitrogen and oxygen atoms in total. The van der Waals surface area contributed by atoms with Gasteiger partial charge in [-0.05, 0) is 44.5 Å². The van der Waals surface area contributed by atoms with Crippen molar-refractivity contribution in [2.75, 3.05) is 19.6 Å². The topological polar surface area (TPSA) is 71.2 Å². The van der Waals surface area contributed by atoms with E-state index in [1.807, 2.05) is 13.0 Å². The SMILES string of the molecule is CC(CN1CCCC1)NC(=O)c1ccc(CN)cn1. The first kappa shape index (κ1) is 14.0. The number of likely N-dealkylation sites (tertiary alicyclic amines) is 1. The molecule has 0 bridgehead atoms. The van der Waals surface area contributed by atoms with Crippen LogP contribution in [0.3, 0.4) is 0 Å². The maximum absolute atomic E-state index is 12.0. The van der Waals surface area contributed by atoms with Crippen molar-refractivity contribution in [1.82, 2.24) is 15.2 Å². The van der Waals surface area contributed by atoms with Crippen LogP contribution in [0.25, 0.3) is 0 Å². The molecule has 0 aromatic carbocycles. The van der Waals surface area contributed by atoms with Crippen molar-refractivity contribution in [1.29, 1.82) is 0 Å². The van der Waals surface area contributed by atoms with Gasteiger partial charge in [-0.3, -0.25) is 9.78 Å². The molecule has 19 heavy (non-hydrogen) atoms. The first-order valence-electron chi connectivity index (χ1n) is 6.87. The summed E-state index contributed by atoms with van der Waals surface area (Å²) in [7, 11) is 0. The molecule has 0 radical (unpaired) electrons. The zero-order valence-electron chi connectivity index (χ0n) is 11.4. The molecule has 5 heteroatoms. The van der Waals surface area contributed by atoms with Crippen LogP contribution in [0, 0.1) is 0 Å². The normalized spacial score (nSPS) is 17.4. The molecule has 1 fully saturated rings. The van der Waals surface area contributed by atoms with Crippen LogP contribution in [0.1, 0.15) is 35.8 Å². The van der Waals surface area contributed by atoms with E-state index in [9.17, 15) is 4.79 Å². The third-order valence-corrected chi connectivity index (χ3v) is 3.40. The minimum atomic E-state index is -0.115. The van der Waals surface area contributed by atoms with Crippen molar-refractivity contribution in [3.8, 4) is 0 Å². The van der Waals surface area contributed by atoms with E-state index in [0.29, 0.717) is 12.2 Å². The number of nitrogens with two attached hydrogens (primary N) is 1. The molecule has 1 aromatic heterocycles. The van der Waals surface area contributed by atoms with E-state index in [0.717, 1.165) is 25.2 Å². The average Bonchev–Trinajstić information content (AvgIpc) is 2.91. The van der Waals surface area contributed by atoms with Crippen molar-refractivity contribution < 1.29 is 4.79 Å². The number of carbonyl (C=O) groups excluding carboxylic acids is 1. The molecule has 2 rings (SSSR count). The molecule has 104 valence electrons. The van der Waals surface area contributed by atoms with E-state index < -0.39 is 0 Å². The number of aromatic nitrogens is 1. The molecule has 1 atom stereocenters. The van der Waals surface area contributed by atoms with Crippen LogP contribution in [-0.2, 0) is 6.54 Å². The molecule has 1 saturated heterocycles. The van der Waals surface area contributed by atoms with E-state index in [1.54, 1.807) is 12.3 Å². The quantitative estimate of drug-likeness (QED) is 0.821. The van der Waals surface area contributed by atoms with Crippen LogP contribution in [-0.4, -0.2) is 41.5 Å². The van der Waals surface area contributed by atoms with Gasteiger partial charge in [0.25, 0.3) is 5.91 Å². The number of nitrogens with one attached hydrogen (secondary N) is 1. The Morgan fingerprint density at radius 1 is 1.47 bits per heavy atom. The Bertz CT molecular complexity index is 412. The zero-order valence-corrected chi connectivity index (χ0v) is 11.4. The lowest BCUT2D eigenvalue weighted by atomic mass is 10.2. The number of pyridine rings is 1. The van der Waals surface area contributed by atoms with E-state index in [-0.39, 0.29) is 11.9 Å². The standard InChI is InChI=1S/C14H22N4O/c1-11(10-18-6-2-3-7-18)17-14(19)13-5-4-12(8-15)9-16-13/h4-5,9,11H,2-3,6-8,10,15H2,1H3,(H,17,19). The summed E-state index contributed by atoms with van der Waals surface area (Å²) in [4.78, 5) is 18.5. The monoisotopic (exact) mass is 262 g/mol. The molecule has 3 N–H and O–H groups in total. The van der Waals surface area contributed by atoms with Crippen LogP contribution < -0.4 is 11.1 Å². The Morgan fingerprint density at radius 2 is 2.21 bits per heavy atom. The van der Waals surface area contributed by atoms with Crippen molar-refractivity contribution >= 4 is 5.91 Å². The number of nitrogens with zero attached hydrogens (tertiary/aromatic N) is 2. The van der Waals surface area contributed by atoms with Gasteiger partial charge in [0.15, 0.2) is 0 Å². The van der Waals surface area contributed by atoms with Crippen molar-refractivity contribution in [3.05, 3.63) is 29.6 Å². The molecule has 1 amide bonds. The lowest BCUT2D eigenvalue weighted by Crippen LogP contribution is -2.41. The minimum absolute atomic E-state index is 0.115. The minimum Gasteiger partial charge on any atom is -0.347 e. The lowest BCUT2D eigenvalue weighted by Gasteiger charge is -2.21. The van der Waals surface area contributed by atoms with E-state index in [4.69, 9.17) is 5.73 Å². The zero-order chi connectivity index (χ0) is 13.7. The van der Waals surface area contributed by atoms with Crippen LogP contribution in [0.2, 0.25) is 0 Å². The molecule has 0 aliphatic carbocycles. The number of hydrogen-bond acceptors (Lipinski definition) is 4. The summed E-state index contributed by atoms with van der Waals surface area (Å²) in [6.07, 6.45) is 4.19. The molecule has 2 heterocycles. The second-order valence-electron chi connectivity index (χ2n) is 5.14. The van der Waals surface area contributed by atoms with Crippen LogP contribution in [0.15, 0.2) is 18.3 Å². The summed E-state index contributed by atoms with van der Waals surface area (Å²) in [5.41, 5.74) is 6.88. The summed E-state index contributed by atoms with van der Waals surface area (Å²) < 4.78 is 0. The van der Waals surface area contributed by atoms with Crippen molar-refractivity contribution in [2.45, 2.75) is 32.4 Å². The first-order chi connectivity index (χ1) is 9.19. The smallest absolute Gasteiger partial charge is 0.270 e. The Labute approximate surface area is 114 Å².